The molecule has 0 saturated heterocycles. The molecule has 6 heteroatoms. The van der Waals surface area contributed by atoms with Crippen molar-refractivity contribution >= 4 is 11.9 Å². The van der Waals surface area contributed by atoms with E-state index in [9.17, 15) is 9.59 Å². The molecule has 2 N–H and O–H groups in total. The van der Waals surface area contributed by atoms with Crippen molar-refractivity contribution in [1.82, 2.24) is 15.1 Å². The van der Waals surface area contributed by atoms with Crippen molar-refractivity contribution in [3.05, 3.63) is 48.3 Å². The van der Waals surface area contributed by atoms with E-state index < -0.39 is 11.5 Å². The first-order chi connectivity index (χ1) is 10.8. The van der Waals surface area contributed by atoms with Crippen LogP contribution in [0.15, 0.2) is 42.7 Å². The molecule has 0 bridgehead atoms. The molecule has 0 saturated carbocycles. The van der Waals surface area contributed by atoms with Crippen molar-refractivity contribution in [2.24, 2.45) is 5.92 Å². The van der Waals surface area contributed by atoms with Crippen molar-refractivity contribution < 1.29 is 14.7 Å². The number of carbonyl (C=O) groups is 2. The summed E-state index contributed by atoms with van der Waals surface area (Å²) in [5.74, 6) is -1.29. The molecule has 0 spiro atoms. The lowest BCUT2D eigenvalue weighted by Crippen LogP contribution is -2.51. The molecular formula is C17H21N3O3. The minimum Gasteiger partial charge on any atom is -0.481 e. The maximum absolute atomic E-state index is 12.4. The van der Waals surface area contributed by atoms with Gasteiger partial charge in [-0.15, -0.1) is 0 Å². The fraction of sp³-hybridized carbons (Fsp3) is 0.353. The van der Waals surface area contributed by atoms with Crippen molar-refractivity contribution in [2.75, 3.05) is 0 Å². The molecule has 0 fully saturated rings. The van der Waals surface area contributed by atoms with E-state index in [2.05, 4.69) is 10.4 Å². The highest BCUT2D eigenvalue weighted by Gasteiger charge is 2.33. The number of nitrogens with one attached hydrogen (secondary N) is 1. The van der Waals surface area contributed by atoms with Crippen LogP contribution < -0.4 is 5.32 Å². The average Bonchev–Trinajstić information content (AvgIpc) is 2.97. The van der Waals surface area contributed by atoms with Gasteiger partial charge >= 0.3 is 5.97 Å². The number of para-hydroxylation sites is 1. The monoisotopic (exact) mass is 315 g/mol. The summed E-state index contributed by atoms with van der Waals surface area (Å²) >= 11 is 0. The summed E-state index contributed by atoms with van der Waals surface area (Å²) in [4.78, 5) is 23.5. The third-order valence-electron chi connectivity index (χ3n) is 4.06. The van der Waals surface area contributed by atoms with Crippen LogP contribution in [0.2, 0.25) is 0 Å². The highest BCUT2D eigenvalue weighted by Crippen LogP contribution is 2.21. The first-order valence-corrected chi connectivity index (χ1v) is 7.46. The minimum atomic E-state index is -0.943. The molecule has 122 valence electrons. The molecule has 2 rings (SSSR count). The fourth-order valence-electron chi connectivity index (χ4n) is 2.20. The predicted octanol–water partition coefficient (Wildman–Crippen LogP) is 2.49. The Morgan fingerprint density at radius 1 is 1.30 bits per heavy atom. The van der Waals surface area contributed by atoms with Crippen LogP contribution in [0.25, 0.3) is 5.69 Å². The maximum atomic E-state index is 12.4. The summed E-state index contributed by atoms with van der Waals surface area (Å²) in [5.41, 5.74) is 0.424. The van der Waals surface area contributed by atoms with Gasteiger partial charge in [0.15, 0.2) is 0 Å². The number of carboxylic acids is 1. The van der Waals surface area contributed by atoms with Gasteiger partial charge in [0.1, 0.15) is 0 Å². The lowest BCUT2D eigenvalue weighted by molar-refractivity contribution is -0.138. The Hall–Kier alpha value is -2.63. The lowest BCUT2D eigenvalue weighted by Gasteiger charge is -2.33. The first kappa shape index (κ1) is 16.7. The average molecular weight is 315 g/mol. The Bertz CT molecular complexity index is 694. The molecule has 0 aliphatic carbocycles. The molecule has 0 aliphatic rings. The molecule has 1 heterocycles. The van der Waals surface area contributed by atoms with Gasteiger partial charge < -0.3 is 10.4 Å². The maximum Gasteiger partial charge on any atom is 0.305 e. The van der Waals surface area contributed by atoms with Crippen LogP contribution in [0.3, 0.4) is 0 Å². The van der Waals surface area contributed by atoms with Gasteiger partial charge in [0.25, 0.3) is 5.91 Å². The zero-order chi connectivity index (χ0) is 17.0. The Morgan fingerprint density at radius 3 is 2.52 bits per heavy atom. The number of hydrogen-bond donors (Lipinski definition) is 2. The van der Waals surface area contributed by atoms with Crippen LogP contribution in [0.4, 0.5) is 0 Å². The van der Waals surface area contributed by atoms with E-state index in [4.69, 9.17) is 5.11 Å². The number of aromatic nitrogens is 2. The van der Waals surface area contributed by atoms with Gasteiger partial charge in [0.2, 0.25) is 0 Å². The van der Waals surface area contributed by atoms with E-state index in [1.807, 2.05) is 44.2 Å². The fourth-order valence-corrected chi connectivity index (χ4v) is 2.20. The summed E-state index contributed by atoms with van der Waals surface area (Å²) in [6, 6.07) is 9.45. The molecule has 1 aromatic heterocycles. The first-order valence-electron chi connectivity index (χ1n) is 7.46. The topological polar surface area (TPSA) is 84.2 Å². The second-order valence-electron chi connectivity index (χ2n) is 6.11. The number of nitrogens with zero attached hydrogens (tertiary/aromatic N) is 2. The van der Waals surface area contributed by atoms with Crippen molar-refractivity contribution in [3.63, 3.8) is 0 Å². The van der Waals surface area contributed by atoms with E-state index in [0.717, 1.165) is 5.69 Å². The zero-order valence-corrected chi connectivity index (χ0v) is 13.5. The second kappa shape index (κ2) is 6.64. The van der Waals surface area contributed by atoms with Gasteiger partial charge in [0, 0.05) is 6.20 Å². The summed E-state index contributed by atoms with van der Waals surface area (Å²) in [7, 11) is 0. The number of carboxylic acid groups (broad SMARTS) is 1. The molecule has 1 amide bonds. The normalized spacial score (nSPS) is 13.6. The smallest absolute Gasteiger partial charge is 0.305 e. The van der Waals surface area contributed by atoms with E-state index in [0.29, 0.717) is 5.56 Å². The lowest BCUT2D eigenvalue weighted by atomic mass is 9.85. The molecular weight excluding hydrogens is 294 g/mol. The summed E-state index contributed by atoms with van der Waals surface area (Å²) in [6.07, 6.45) is 2.97. The van der Waals surface area contributed by atoms with Gasteiger partial charge in [-0.3, -0.25) is 9.59 Å². The zero-order valence-electron chi connectivity index (χ0n) is 13.5. The minimum absolute atomic E-state index is 0.0216. The van der Waals surface area contributed by atoms with Crippen LogP contribution in [0.5, 0.6) is 0 Å². The van der Waals surface area contributed by atoms with Crippen LogP contribution >= 0.6 is 0 Å². The third kappa shape index (κ3) is 3.97. The number of benzene rings is 1. The number of aliphatic carboxylic acids is 1. The van der Waals surface area contributed by atoms with E-state index in [-0.39, 0.29) is 18.2 Å². The van der Waals surface area contributed by atoms with E-state index in [1.165, 1.54) is 6.20 Å². The number of amides is 1. The van der Waals surface area contributed by atoms with Crippen LogP contribution in [0, 0.1) is 5.92 Å². The van der Waals surface area contributed by atoms with Gasteiger partial charge in [0.05, 0.1) is 29.4 Å². The van der Waals surface area contributed by atoms with Gasteiger partial charge in [-0.25, -0.2) is 4.68 Å². The van der Waals surface area contributed by atoms with Gasteiger partial charge in [-0.05, 0) is 25.0 Å². The Kier molecular flexibility index (Phi) is 4.83. The SMILES string of the molecule is CC(C)C(C)(CC(=O)O)NC(=O)c1cnn(-c2ccccc2)c1. The van der Waals surface area contributed by atoms with Gasteiger partial charge in [-0.2, -0.15) is 5.10 Å². The predicted molar refractivity (Wildman–Crippen MR) is 86.5 cm³/mol. The molecule has 0 aliphatic heterocycles. The number of carbonyl (C=O) groups excluding carboxylic acids is 1. The molecule has 1 atom stereocenters. The molecule has 6 nitrogen and oxygen atoms in total. The van der Waals surface area contributed by atoms with Crippen molar-refractivity contribution in [3.8, 4) is 5.69 Å². The molecule has 2 aromatic rings. The molecule has 1 aromatic carbocycles. The summed E-state index contributed by atoms with van der Waals surface area (Å²) in [6.45, 7) is 5.51. The summed E-state index contributed by atoms with van der Waals surface area (Å²) in [5, 5.41) is 16.1. The van der Waals surface area contributed by atoms with Gasteiger partial charge in [-0.1, -0.05) is 32.0 Å². The Balaban J connectivity index is 2.17. The van der Waals surface area contributed by atoms with Crippen molar-refractivity contribution in [1.29, 1.82) is 0 Å². The second-order valence-corrected chi connectivity index (χ2v) is 6.11. The molecule has 1 unspecified atom stereocenters. The van der Waals surface area contributed by atoms with Crippen molar-refractivity contribution in [2.45, 2.75) is 32.7 Å². The Morgan fingerprint density at radius 2 is 1.96 bits per heavy atom. The van der Waals surface area contributed by atoms with Crippen LogP contribution in [0.1, 0.15) is 37.6 Å². The quantitative estimate of drug-likeness (QED) is 0.858. The van der Waals surface area contributed by atoms with Crippen LogP contribution in [-0.4, -0.2) is 32.3 Å². The summed E-state index contributed by atoms with van der Waals surface area (Å²) < 4.78 is 1.61. The Labute approximate surface area is 135 Å². The molecule has 0 radical (unpaired) electrons. The highest BCUT2D eigenvalue weighted by molar-refractivity contribution is 5.94. The van der Waals surface area contributed by atoms with E-state index >= 15 is 0 Å². The number of rotatable bonds is 6. The van der Waals surface area contributed by atoms with Crippen LogP contribution in [-0.2, 0) is 4.79 Å². The third-order valence-corrected chi connectivity index (χ3v) is 4.06. The van der Waals surface area contributed by atoms with E-state index in [1.54, 1.807) is 17.8 Å². The highest BCUT2D eigenvalue weighted by atomic mass is 16.4. The standard InChI is InChI=1S/C17H21N3O3/c1-12(2)17(3,9-15(21)22)19-16(23)13-10-18-20(11-13)14-7-5-4-6-8-14/h4-8,10-12H,9H2,1-3H3,(H,19,23)(H,21,22). The number of hydrogen-bond acceptors (Lipinski definition) is 3. The molecule has 23 heavy (non-hydrogen) atoms. The largest absolute Gasteiger partial charge is 0.481 e.